The second-order valence-corrected chi connectivity index (χ2v) is 5.26. The van der Waals surface area contributed by atoms with Gasteiger partial charge in [-0.2, -0.15) is 11.8 Å². The molecule has 2 aliphatic rings. The fourth-order valence-corrected chi connectivity index (χ4v) is 3.68. The van der Waals surface area contributed by atoms with Crippen molar-refractivity contribution in [3.8, 4) is 0 Å². The van der Waals surface area contributed by atoms with Gasteiger partial charge in [0, 0.05) is 5.25 Å². The summed E-state index contributed by atoms with van der Waals surface area (Å²) in [5, 5.41) is 1.01. The fraction of sp³-hybridized carbons (Fsp3) is 1.00. The lowest BCUT2D eigenvalue weighted by atomic mass is 9.81. The Balaban J connectivity index is 1.91. The molecule has 0 aromatic carbocycles. The first-order chi connectivity index (χ1) is 5.40. The Bertz CT molecular complexity index is 133. The topological polar surface area (TPSA) is 0 Å². The van der Waals surface area contributed by atoms with E-state index < -0.39 is 0 Å². The van der Waals surface area contributed by atoms with Gasteiger partial charge in [0.05, 0.1) is 0 Å². The summed E-state index contributed by atoms with van der Waals surface area (Å²) in [6.07, 6.45) is 11.5. The number of rotatable bonds is 1. The molecule has 0 saturated heterocycles. The Hall–Kier alpha value is 0.350. The van der Waals surface area contributed by atoms with Crippen LogP contribution in [-0.4, -0.2) is 11.5 Å². The van der Waals surface area contributed by atoms with E-state index in [4.69, 9.17) is 0 Å². The van der Waals surface area contributed by atoms with E-state index in [2.05, 4.69) is 18.0 Å². The van der Waals surface area contributed by atoms with Gasteiger partial charge in [-0.25, -0.2) is 0 Å². The third-order valence-corrected chi connectivity index (χ3v) is 4.67. The lowest BCUT2D eigenvalue weighted by molar-refractivity contribution is 0.284. The second kappa shape index (κ2) is 3.38. The van der Waals surface area contributed by atoms with Crippen LogP contribution in [0.25, 0.3) is 0 Å². The van der Waals surface area contributed by atoms with Crippen LogP contribution in [0.5, 0.6) is 0 Å². The minimum absolute atomic E-state index is 1.01. The van der Waals surface area contributed by atoms with Crippen molar-refractivity contribution >= 4 is 11.8 Å². The number of thioether (sulfide) groups is 1. The predicted molar refractivity (Wildman–Crippen MR) is 52.0 cm³/mol. The average Bonchev–Trinajstić information content (AvgIpc) is 2.50. The highest BCUT2D eigenvalue weighted by Crippen LogP contribution is 2.44. The summed E-state index contributed by atoms with van der Waals surface area (Å²) in [6, 6.07) is 0. The zero-order valence-corrected chi connectivity index (χ0v) is 8.20. The summed E-state index contributed by atoms with van der Waals surface area (Å²) in [6.45, 7) is 0. The van der Waals surface area contributed by atoms with Crippen molar-refractivity contribution in [1.29, 1.82) is 0 Å². The van der Waals surface area contributed by atoms with Gasteiger partial charge in [0.25, 0.3) is 0 Å². The molecule has 0 spiro atoms. The smallest absolute Gasteiger partial charge is 0.00471 e. The molecule has 0 aromatic heterocycles. The monoisotopic (exact) mass is 170 g/mol. The van der Waals surface area contributed by atoms with Crippen LogP contribution in [0.2, 0.25) is 0 Å². The molecule has 0 radical (unpaired) electrons. The molecule has 3 atom stereocenters. The van der Waals surface area contributed by atoms with E-state index in [-0.39, 0.29) is 0 Å². The summed E-state index contributed by atoms with van der Waals surface area (Å²) < 4.78 is 0. The molecule has 0 aliphatic heterocycles. The second-order valence-electron chi connectivity index (χ2n) is 4.12. The van der Waals surface area contributed by atoms with Crippen molar-refractivity contribution in [3.05, 3.63) is 0 Å². The molecule has 0 bridgehead atoms. The van der Waals surface area contributed by atoms with E-state index in [9.17, 15) is 0 Å². The van der Waals surface area contributed by atoms with E-state index in [1.165, 1.54) is 25.7 Å². The van der Waals surface area contributed by atoms with Crippen LogP contribution in [-0.2, 0) is 0 Å². The van der Waals surface area contributed by atoms with E-state index in [0.29, 0.717) is 0 Å². The zero-order chi connectivity index (χ0) is 7.68. The van der Waals surface area contributed by atoms with Gasteiger partial charge in [-0.05, 0) is 37.4 Å². The van der Waals surface area contributed by atoms with Crippen LogP contribution in [0.4, 0.5) is 0 Å². The highest BCUT2D eigenvalue weighted by molar-refractivity contribution is 7.99. The highest BCUT2D eigenvalue weighted by atomic mass is 32.2. The summed E-state index contributed by atoms with van der Waals surface area (Å²) >= 11 is 2.09. The first kappa shape index (κ1) is 7.97. The summed E-state index contributed by atoms with van der Waals surface area (Å²) in [7, 11) is 0. The minimum atomic E-state index is 1.01. The van der Waals surface area contributed by atoms with Gasteiger partial charge in [0.1, 0.15) is 0 Å². The van der Waals surface area contributed by atoms with Crippen molar-refractivity contribution in [2.45, 2.75) is 43.8 Å². The maximum Gasteiger partial charge on any atom is 0.00471 e. The molecular formula is C10H18S. The molecule has 11 heavy (non-hydrogen) atoms. The van der Waals surface area contributed by atoms with E-state index >= 15 is 0 Å². The van der Waals surface area contributed by atoms with Gasteiger partial charge in [0.15, 0.2) is 0 Å². The summed E-state index contributed by atoms with van der Waals surface area (Å²) in [5.41, 5.74) is 0. The van der Waals surface area contributed by atoms with E-state index in [1.807, 2.05) is 0 Å². The third kappa shape index (κ3) is 1.58. The molecule has 1 heteroatoms. The van der Waals surface area contributed by atoms with Crippen molar-refractivity contribution in [3.63, 3.8) is 0 Å². The standard InChI is InChI=1S/C10H18S/c1-11-10-6-5-8-3-2-4-9(8)7-10/h8-10H,2-7H2,1H3. The quantitative estimate of drug-likeness (QED) is 0.582. The van der Waals surface area contributed by atoms with Gasteiger partial charge in [-0.1, -0.05) is 19.3 Å². The lowest BCUT2D eigenvalue weighted by Gasteiger charge is -2.30. The Morgan fingerprint density at radius 3 is 2.64 bits per heavy atom. The van der Waals surface area contributed by atoms with Gasteiger partial charge >= 0.3 is 0 Å². The maximum atomic E-state index is 2.28. The lowest BCUT2D eigenvalue weighted by Crippen LogP contribution is -2.21. The van der Waals surface area contributed by atoms with Crippen molar-refractivity contribution in [1.82, 2.24) is 0 Å². The normalized spacial score (nSPS) is 43.9. The SMILES string of the molecule is CSC1CCC2CCCC2C1. The maximum absolute atomic E-state index is 2.28. The molecule has 0 amide bonds. The number of hydrogen-bond acceptors (Lipinski definition) is 1. The molecule has 64 valence electrons. The first-order valence-electron chi connectivity index (χ1n) is 4.93. The molecule has 2 fully saturated rings. The van der Waals surface area contributed by atoms with Crippen LogP contribution in [0, 0.1) is 11.8 Å². The fourth-order valence-electron chi connectivity index (χ4n) is 2.87. The van der Waals surface area contributed by atoms with Crippen LogP contribution >= 0.6 is 11.8 Å². The van der Waals surface area contributed by atoms with Crippen molar-refractivity contribution < 1.29 is 0 Å². The predicted octanol–water partition coefficient (Wildman–Crippen LogP) is 3.32. The molecule has 3 unspecified atom stereocenters. The average molecular weight is 170 g/mol. The number of fused-ring (bicyclic) bond motifs is 1. The van der Waals surface area contributed by atoms with Gasteiger partial charge in [-0.3, -0.25) is 0 Å². The van der Waals surface area contributed by atoms with Gasteiger partial charge in [0.2, 0.25) is 0 Å². The van der Waals surface area contributed by atoms with E-state index in [1.54, 1.807) is 12.8 Å². The summed E-state index contributed by atoms with van der Waals surface area (Å²) in [4.78, 5) is 0. The molecule has 2 rings (SSSR count). The molecule has 2 aliphatic carbocycles. The molecule has 2 saturated carbocycles. The molecule has 0 aromatic rings. The highest BCUT2D eigenvalue weighted by Gasteiger charge is 2.33. The van der Waals surface area contributed by atoms with Gasteiger partial charge in [-0.15, -0.1) is 0 Å². The van der Waals surface area contributed by atoms with Crippen LogP contribution in [0.1, 0.15) is 38.5 Å². The Kier molecular flexibility index (Phi) is 2.45. The Morgan fingerprint density at radius 1 is 1.00 bits per heavy atom. The van der Waals surface area contributed by atoms with Crippen molar-refractivity contribution in [2.75, 3.05) is 6.26 Å². The molecule has 0 nitrogen and oxygen atoms in total. The third-order valence-electron chi connectivity index (χ3n) is 3.57. The molecule has 0 N–H and O–H groups in total. The van der Waals surface area contributed by atoms with Crippen LogP contribution in [0.15, 0.2) is 0 Å². The van der Waals surface area contributed by atoms with Crippen molar-refractivity contribution in [2.24, 2.45) is 11.8 Å². The van der Waals surface area contributed by atoms with Crippen LogP contribution < -0.4 is 0 Å². The largest absolute Gasteiger partial charge is 0.162 e. The Morgan fingerprint density at radius 2 is 1.82 bits per heavy atom. The first-order valence-corrected chi connectivity index (χ1v) is 6.21. The minimum Gasteiger partial charge on any atom is -0.162 e. The zero-order valence-electron chi connectivity index (χ0n) is 7.38. The van der Waals surface area contributed by atoms with E-state index in [0.717, 1.165) is 17.1 Å². The molecular weight excluding hydrogens is 152 g/mol. The van der Waals surface area contributed by atoms with Gasteiger partial charge < -0.3 is 0 Å². The summed E-state index contributed by atoms with van der Waals surface area (Å²) in [5.74, 6) is 2.26. The number of hydrogen-bond donors (Lipinski definition) is 0. The van der Waals surface area contributed by atoms with Crippen LogP contribution in [0.3, 0.4) is 0 Å². The Labute approximate surface area is 74.1 Å². The molecule has 0 heterocycles.